The summed E-state index contributed by atoms with van der Waals surface area (Å²) in [5, 5.41) is 8.99. The van der Waals surface area contributed by atoms with E-state index in [0.29, 0.717) is 0 Å². The summed E-state index contributed by atoms with van der Waals surface area (Å²) in [4.78, 5) is 6.76. The van der Waals surface area contributed by atoms with Gasteiger partial charge >= 0.3 is 0 Å². The minimum atomic E-state index is 0.268. The molecule has 0 aromatic rings. The summed E-state index contributed by atoms with van der Waals surface area (Å²) in [6, 6.07) is 0. The van der Waals surface area contributed by atoms with Gasteiger partial charge in [0.25, 0.3) is 0 Å². The van der Waals surface area contributed by atoms with Crippen molar-refractivity contribution in [3.63, 3.8) is 0 Å². The summed E-state index contributed by atoms with van der Waals surface area (Å²) in [7, 11) is 8.40. The normalized spacial score (nSPS) is 12.0. The largest absolute Gasteiger partial charge is 0.395 e. The molecule has 4 nitrogen and oxygen atoms in total. The summed E-state index contributed by atoms with van der Waals surface area (Å²) in [5.74, 6) is 0. The van der Waals surface area contributed by atoms with Crippen LogP contribution in [0.1, 0.15) is 12.8 Å². The van der Waals surface area contributed by atoms with E-state index in [-0.39, 0.29) is 6.61 Å². The van der Waals surface area contributed by atoms with Crippen LogP contribution in [0.15, 0.2) is 0 Å². The molecule has 16 heavy (non-hydrogen) atoms. The first-order chi connectivity index (χ1) is 7.56. The minimum absolute atomic E-state index is 0.268. The highest BCUT2D eigenvalue weighted by Crippen LogP contribution is 1.96. The van der Waals surface area contributed by atoms with Crippen LogP contribution >= 0.6 is 0 Å². The van der Waals surface area contributed by atoms with Gasteiger partial charge in [0.15, 0.2) is 0 Å². The molecule has 0 saturated heterocycles. The lowest BCUT2D eigenvalue weighted by molar-refractivity contribution is 0.184. The number of aliphatic hydroxyl groups excluding tert-OH is 1. The quantitative estimate of drug-likeness (QED) is 0.581. The fraction of sp³-hybridized carbons (Fsp3) is 1.00. The van der Waals surface area contributed by atoms with Crippen molar-refractivity contribution >= 4 is 0 Å². The standard InChI is InChI=1S/C12H29N3O/c1-13(2)7-5-9-15(11-12-16)10-6-8-14(3)4/h16H,5-12H2,1-4H3. The van der Waals surface area contributed by atoms with E-state index in [1.807, 2.05) is 0 Å². The van der Waals surface area contributed by atoms with E-state index in [1.54, 1.807) is 0 Å². The maximum atomic E-state index is 8.99. The van der Waals surface area contributed by atoms with E-state index in [9.17, 15) is 0 Å². The molecular weight excluding hydrogens is 202 g/mol. The van der Waals surface area contributed by atoms with E-state index in [1.165, 1.54) is 12.8 Å². The molecule has 0 aromatic carbocycles. The van der Waals surface area contributed by atoms with E-state index < -0.39 is 0 Å². The first kappa shape index (κ1) is 15.8. The second-order valence-corrected chi connectivity index (χ2v) is 4.88. The Kier molecular flexibility index (Phi) is 9.92. The van der Waals surface area contributed by atoms with Crippen molar-refractivity contribution in [1.29, 1.82) is 0 Å². The van der Waals surface area contributed by atoms with Gasteiger partial charge < -0.3 is 19.8 Å². The fourth-order valence-corrected chi connectivity index (χ4v) is 1.70. The maximum Gasteiger partial charge on any atom is 0.0558 e. The monoisotopic (exact) mass is 231 g/mol. The van der Waals surface area contributed by atoms with Gasteiger partial charge in [-0.1, -0.05) is 0 Å². The second-order valence-electron chi connectivity index (χ2n) is 4.88. The van der Waals surface area contributed by atoms with E-state index in [4.69, 9.17) is 5.11 Å². The van der Waals surface area contributed by atoms with Crippen LogP contribution in [-0.4, -0.2) is 87.3 Å². The van der Waals surface area contributed by atoms with Crippen molar-refractivity contribution in [2.75, 3.05) is 67.5 Å². The number of hydrogen-bond donors (Lipinski definition) is 1. The first-order valence-electron chi connectivity index (χ1n) is 6.19. The molecule has 0 aliphatic heterocycles. The van der Waals surface area contributed by atoms with Gasteiger partial charge in [-0.05, 0) is 67.2 Å². The summed E-state index contributed by atoms with van der Waals surface area (Å²) in [6.07, 6.45) is 2.35. The third-order valence-electron chi connectivity index (χ3n) is 2.58. The van der Waals surface area contributed by atoms with Gasteiger partial charge in [0.2, 0.25) is 0 Å². The van der Waals surface area contributed by atoms with E-state index >= 15 is 0 Å². The molecule has 0 spiro atoms. The predicted octanol–water partition coefficient (Wildman–Crippen LogP) is 0.184. The van der Waals surface area contributed by atoms with Gasteiger partial charge in [0.05, 0.1) is 6.61 Å². The molecule has 1 N–H and O–H groups in total. The van der Waals surface area contributed by atoms with Gasteiger partial charge in [0, 0.05) is 6.54 Å². The van der Waals surface area contributed by atoms with Crippen LogP contribution in [0.2, 0.25) is 0 Å². The maximum absolute atomic E-state index is 8.99. The summed E-state index contributed by atoms with van der Waals surface area (Å²) in [5.41, 5.74) is 0. The Morgan fingerprint density at radius 1 is 0.688 bits per heavy atom. The van der Waals surface area contributed by atoms with Crippen molar-refractivity contribution < 1.29 is 5.11 Å². The summed E-state index contributed by atoms with van der Waals surface area (Å²) in [6.45, 7) is 5.49. The Morgan fingerprint density at radius 2 is 1.12 bits per heavy atom. The Labute approximate surface area is 101 Å². The van der Waals surface area contributed by atoms with Crippen molar-refractivity contribution in [3.8, 4) is 0 Å². The highest BCUT2D eigenvalue weighted by Gasteiger charge is 2.04. The zero-order chi connectivity index (χ0) is 12.4. The van der Waals surface area contributed by atoms with E-state index in [0.717, 1.165) is 32.7 Å². The Morgan fingerprint density at radius 3 is 1.44 bits per heavy atom. The van der Waals surface area contributed by atoms with Gasteiger partial charge in [-0.3, -0.25) is 0 Å². The molecule has 0 saturated carbocycles. The zero-order valence-corrected chi connectivity index (χ0v) is 11.4. The van der Waals surface area contributed by atoms with Crippen LogP contribution < -0.4 is 0 Å². The van der Waals surface area contributed by atoms with Gasteiger partial charge in [0.1, 0.15) is 0 Å². The second kappa shape index (κ2) is 10.0. The van der Waals surface area contributed by atoms with Crippen LogP contribution in [0.25, 0.3) is 0 Å². The first-order valence-corrected chi connectivity index (χ1v) is 6.19. The highest BCUT2D eigenvalue weighted by molar-refractivity contribution is 4.60. The molecule has 0 rings (SSSR count). The van der Waals surface area contributed by atoms with Crippen molar-refractivity contribution in [3.05, 3.63) is 0 Å². The number of nitrogens with zero attached hydrogens (tertiary/aromatic N) is 3. The molecule has 0 radical (unpaired) electrons. The molecule has 0 unspecified atom stereocenters. The van der Waals surface area contributed by atoms with Crippen LogP contribution in [-0.2, 0) is 0 Å². The third kappa shape index (κ3) is 10.4. The van der Waals surface area contributed by atoms with Gasteiger partial charge in [-0.2, -0.15) is 0 Å². The third-order valence-corrected chi connectivity index (χ3v) is 2.58. The van der Waals surface area contributed by atoms with Crippen LogP contribution in [0.4, 0.5) is 0 Å². The Bertz CT molecular complexity index is 137. The Balaban J connectivity index is 3.61. The Hall–Kier alpha value is -0.160. The SMILES string of the molecule is CN(C)CCCN(CCO)CCCN(C)C. The molecule has 0 aliphatic carbocycles. The number of aliphatic hydroxyl groups is 1. The molecule has 4 heteroatoms. The lowest BCUT2D eigenvalue weighted by atomic mass is 10.3. The lowest BCUT2D eigenvalue weighted by Crippen LogP contribution is -2.32. The fourth-order valence-electron chi connectivity index (χ4n) is 1.70. The van der Waals surface area contributed by atoms with E-state index in [2.05, 4.69) is 42.9 Å². The average molecular weight is 231 g/mol. The molecule has 0 aromatic heterocycles. The molecule has 0 heterocycles. The predicted molar refractivity (Wildman–Crippen MR) is 69.9 cm³/mol. The topological polar surface area (TPSA) is 30.0 Å². The van der Waals surface area contributed by atoms with Crippen molar-refractivity contribution in [2.24, 2.45) is 0 Å². The number of hydrogen-bond acceptors (Lipinski definition) is 4. The van der Waals surface area contributed by atoms with Crippen molar-refractivity contribution in [1.82, 2.24) is 14.7 Å². The lowest BCUT2D eigenvalue weighted by Gasteiger charge is -2.23. The molecule has 0 fully saturated rings. The van der Waals surface area contributed by atoms with Crippen LogP contribution in [0, 0.1) is 0 Å². The molecular formula is C12H29N3O. The van der Waals surface area contributed by atoms with Crippen LogP contribution in [0.5, 0.6) is 0 Å². The molecule has 0 amide bonds. The van der Waals surface area contributed by atoms with Crippen LogP contribution in [0.3, 0.4) is 0 Å². The van der Waals surface area contributed by atoms with Gasteiger partial charge in [-0.25, -0.2) is 0 Å². The molecule has 0 aliphatic rings. The smallest absolute Gasteiger partial charge is 0.0558 e. The summed E-state index contributed by atoms with van der Waals surface area (Å²) < 4.78 is 0. The summed E-state index contributed by atoms with van der Waals surface area (Å²) >= 11 is 0. The molecule has 98 valence electrons. The van der Waals surface area contributed by atoms with Crippen molar-refractivity contribution in [2.45, 2.75) is 12.8 Å². The minimum Gasteiger partial charge on any atom is -0.395 e. The molecule has 0 atom stereocenters. The average Bonchev–Trinajstić information content (AvgIpc) is 2.16. The zero-order valence-electron chi connectivity index (χ0n) is 11.4. The number of rotatable bonds is 10. The highest BCUT2D eigenvalue weighted by atomic mass is 16.3. The molecule has 0 bridgehead atoms. The van der Waals surface area contributed by atoms with Gasteiger partial charge in [-0.15, -0.1) is 0 Å².